The predicted octanol–water partition coefficient (Wildman–Crippen LogP) is 16.2. The van der Waals surface area contributed by atoms with Crippen molar-refractivity contribution in [2.45, 2.75) is 251 Å². The normalized spacial score (nSPS) is 48.9. The first-order valence-corrected chi connectivity index (χ1v) is 53.6. The van der Waals surface area contributed by atoms with Crippen molar-refractivity contribution in [2.75, 3.05) is 72.5 Å². The lowest BCUT2D eigenvalue weighted by atomic mass is 9.62. The van der Waals surface area contributed by atoms with E-state index in [-0.39, 0.29) is 119 Å². The zero-order valence-corrected chi connectivity index (χ0v) is 82.6. The van der Waals surface area contributed by atoms with Crippen LogP contribution in [0.2, 0.25) is 0 Å². The summed E-state index contributed by atoms with van der Waals surface area (Å²) in [6, 6.07) is 3.73. The van der Waals surface area contributed by atoms with Crippen molar-refractivity contribution in [3.8, 4) is 12.1 Å². The lowest BCUT2D eigenvalue weighted by Crippen LogP contribution is -2.47. The summed E-state index contributed by atoms with van der Waals surface area (Å²) in [4.78, 5) is 97.4. The zero-order chi connectivity index (χ0) is 92.8. The first-order valence-electron chi connectivity index (χ1n) is 53.2. The Morgan fingerprint density at radius 2 is 0.654 bits per heavy atom. The molecule has 22 aliphatic rings. The molecular weight excluding hydrogens is 1660 g/mol. The Hall–Kier alpha value is -5.09. The smallest absolute Gasteiger partial charge is 0.328 e. The van der Waals surface area contributed by atoms with Crippen molar-refractivity contribution in [2.24, 2.45) is 290 Å². The van der Waals surface area contributed by atoms with Crippen LogP contribution < -0.4 is 21.3 Å². The number of nitrogens with one attached hydrogen (secondary N) is 4. The molecule has 6 N–H and O–H groups in total. The molecule has 51 unspecified atom stereocenters. The molecule has 0 aromatic rings. The Morgan fingerprint density at radius 1 is 0.338 bits per heavy atom. The van der Waals surface area contributed by atoms with E-state index in [1.807, 2.05) is 13.0 Å². The van der Waals surface area contributed by atoms with E-state index in [1.165, 1.54) is 89.9 Å². The highest BCUT2D eigenvalue weighted by Gasteiger charge is 2.71. The molecule has 726 valence electrons. The van der Waals surface area contributed by atoms with Gasteiger partial charge in [-0.05, 0) is 396 Å². The maximum Gasteiger partial charge on any atom is 0.328 e. The van der Waals surface area contributed by atoms with Crippen LogP contribution in [0.25, 0.3) is 0 Å². The Balaban J connectivity index is 0.000000114. The SMILES string of the molecule is CC(NC(=O)C1CC2CC1C1C3CC(C(C)C3C)C21)C(=O)OCCO.CC1C(C)C2CC1C1C3CC(C(=O)NCC(=O)OCCC#N)C(C3)C21.CC1C(C)C2CC1C1C3CC(C(=O)NCC(=O)OCCO)C(C3)C21.CC1C2CC(C#N)C(C2)C1C.CC1C2CC(Cl)C(C2)C1C.CC1C2CCC(C2)C1C.CCOCCOC(=O)CNC(=O)C1CC2CC1C1C3CC(C(C)C3C)C21. The highest BCUT2D eigenvalue weighted by molar-refractivity contribution is 6.21. The first-order chi connectivity index (χ1) is 62.2. The molecule has 21 nitrogen and oxygen atoms in total. The molecule has 22 rings (SSSR count). The van der Waals surface area contributed by atoms with Gasteiger partial charge in [-0.1, -0.05) is 96.9 Å². The van der Waals surface area contributed by atoms with Crippen LogP contribution in [-0.2, 0) is 62.0 Å². The van der Waals surface area contributed by atoms with E-state index in [0.717, 1.165) is 256 Å². The van der Waals surface area contributed by atoms with Gasteiger partial charge in [0.05, 0.1) is 38.4 Å². The van der Waals surface area contributed by atoms with E-state index >= 15 is 0 Å². The Bertz CT molecular complexity index is 4080. The van der Waals surface area contributed by atoms with Crippen LogP contribution in [0, 0.1) is 313 Å². The van der Waals surface area contributed by atoms with E-state index in [9.17, 15) is 38.4 Å². The van der Waals surface area contributed by atoms with Gasteiger partial charge in [0.15, 0.2) is 0 Å². The number of aliphatic hydroxyl groups excluding tert-OH is 2. The summed E-state index contributed by atoms with van der Waals surface area (Å²) in [5.74, 6) is 35.3. The number of ether oxygens (including phenoxy) is 5. The summed E-state index contributed by atoms with van der Waals surface area (Å²) in [7, 11) is 0. The van der Waals surface area contributed by atoms with Gasteiger partial charge < -0.3 is 55.2 Å². The standard InChI is InChI=1S/C21H33NO4.C20H28N2O3.C20H31NO4.C19H29NO4.C10H15N.C9H15Cl.C9H16/c1-4-25-5-6-26-18(23)10-22-21(24)17-8-13-7-16(17)20-15-9-14(19(13)20)11(2)12(15)3;1-10-11(2)14-8-13(10)18-12-6-15(19(14)18)16(7-12)20(24)22-9-17(23)25-5-3-4-21;1-9-10(2)14-8-13(9)17-12-6-15(18(14)17)16(7-12)19(23)21-11(3)20(24)25-5-4-22;1-9-10(2)13-7-12(9)17-11-5-14(18(13)17)15(6-11)19(23)20-8-16(22)24-4-3-21;1-6-7(2)10-4-8(6)3-9(10)5-11;1-5-6(2)8-3-7(5)4-9(8)10;1-6-7(2)9-4-3-8(6)5-9/h11-17,19-20H,4-10H2,1-3H3,(H,22,24);10-16,18-19H,3,5-9H2,1-2H3,(H,22,24);9-18,22H,4-8H2,1-3H3,(H,21,23);9-15,17-18,21H,3-8H2,1-2H3,(H,20,23);6-10H,3-4H2,1-2H3;5-9H,3-4H2,1-2H3;6-9H,3-5H2,1-2H3. The molecule has 0 aromatic heterocycles. The van der Waals surface area contributed by atoms with E-state index in [2.05, 4.69) is 124 Å². The molecule has 0 heterocycles. The number of esters is 4. The van der Waals surface area contributed by atoms with Gasteiger partial charge in [-0.15, -0.1) is 11.6 Å². The fourth-order valence-corrected chi connectivity index (χ4v) is 37.9. The van der Waals surface area contributed by atoms with Crippen LogP contribution in [-0.4, -0.2) is 142 Å². The minimum atomic E-state index is -0.645. The van der Waals surface area contributed by atoms with Crippen molar-refractivity contribution in [1.29, 1.82) is 10.5 Å². The number of fused-ring (bicyclic) bond motifs is 42. The molecular formula is C108H167ClN6O15. The minimum Gasteiger partial charge on any atom is -0.463 e. The second kappa shape index (κ2) is 40.9. The summed E-state index contributed by atoms with van der Waals surface area (Å²) in [5.41, 5.74) is 0. The van der Waals surface area contributed by atoms with Crippen LogP contribution >= 0.6 is 11.6 Å². The number of amides is 4. The lowest BCUT2D eigenvalue weighted by molar-refractivity contribution is -0.149. The van der Waals surface area contributed by atoms with Crippen molar-refractivity contribution in [1.82, 2.24) is 21.3 Å². The molecule has 0 spiro atoms. The maximum atomic E-state index is 12.8. The van der Waals surface area contributed by atoms with Crippen LogP contribution in [0.5, 0.6) is 0 Å². The lowest BCUT2D eigenvalue weighted by Gasteiger charge is -2.43. The average Bonchev–Trinajstić information content (AvgIpc) is 1.55. The fourth-order valence-electron chi connectivity index (χ4n) is 37.3. The molecule has 0 aliphatic heterocycles. The molecule has 22 bridgehead atoms. The Labute approximate surface area is 783 Å². The van der Waals surface area contributed by atoms with Gasteiger partial charge in [-0.3, -0.25) is 33.6 Å². The number of alkyl halides is 1. The average molecular weight is 1830 g/mol. The summed E-state index contributed by atoms with van der Waals surface area (Å²) in [5, 5.41) is 46.4. The van der Waals surface area contributed by atoms with Crippen LogP contribution in [0.1, 0.15) is 239 Å². The van der Waals surface area contributed by atoms with E-state index in [4.69, 9.17) is 56.0 Å². The number of carbonyl (C=O) groups excluding carboxylic acids is 8. The van der Waals surface area contributed by atoms with Crippen molar-refractivity contribution < 1.29 is 72.3 Å². The summed E-state index contributed by atoms with van der Waals surface area (Å²) in [6.07, 6.45) is 24.5. The quantitative estimate of drug-likeness (QED) is 0.0193. The van der Waals surface area contributed by atoms with Crippen molar-refractivity contribution in [3.05, 3.63) is 0 Å². The third-order valence-electron chi connectivity index (χ3n) is 44.2. The third kappa shape index (κ3) is 18.3. The highest BCUT2D eigenvalue weighted by Crippen LogP contribution is 2.76. The molecule has 22 saturated carbocycles. The molecule has 22 heteroatoms. The van der Waals surface area contributed by atoms with Gasteiger partial charge in [-0.25, -0.2) is 4.79 Å². The second-order valence-corrected chi connectivity index (χ2v) is 48.6. The number of nitriles is 2. The molecule has 4 amide bonds. The summed E-state index contributed by atoms with van der Waals surface area (Å²) in [6.45, 7) is 38.0. The Kier molecular flexibility index (Phi) is 30.8. The molecule has 130 heavy (non-hydrogen) atoms. The molecule has 51 atom stereocenters. The number of carbonyl (C=O) groups is 8. The van der Waals surface area contributed by atoms with Gasteiger partial charge >= 0.3 is 23.9 Å². The van der Waals surface area contributed by atoms with Gasteiger partial charge in [0.2, 0.25) is 23.6 Å². The van der Waals surface area contributed by atoms with E-state index < -0.39 is 23.9 Å². The topological polar surface area (TPSA) is 319 Å². The summed E-state index contributed by atoms with van der Waals surface area (Å²) < 4.78 is 24.8. The van der Waals surface area contributed by atoms with Crippen LogP contribution in [0.4, 0.5) is 0 Å². The number of rotatable bonds is 22. The number of nitrogens with zero attached hydrogens (tertiary/aromatic N) is 2. The maximum absolute atomic E-state index is 12.8. The fraction of sp³-hybridized carbons (Fsp3) is 0.907. The van der Waals surface area contributed by atoms with Crippen molar-refractivity contribution in [3.63, 3.8) is 0 Å². The van der Waals surface area contributed by atoms with Gasteiger partial charge in [-0.2, -0.15) is 10.5 Å². The second-order valence-electron chi connectivity index (χ2n) is 48.0. The van der Waals surface area contributed by atoms with Crippen LogP contribution in [0.15, 0.2) is 0 Å². The molecule has 22 fully saturated rings. The molecule has 0 radical (unpaired) electrons. The third-order valence-corrected chi connectivity index (χ3v) is 44.7. The molecule has 22 aliphatic carbocycles. The zero-order valence-electron chi connectivity index (χ0n) is 81.8. The first kappa shape index (κ1) is 98.0. The van der Waals surface area contributed by atoms with Crippen molar-refractivity contribution >= 4 is 59.1 Å². The number of halogens is 1. The predicted molar refractivity (Wildman–Crippen MR) is 495 cm³/mol. The minimum absolute atomic E-state index is 0.00821. The molecule has 0 saturated heterocycles. The number of hydrogen-bond acceptors (Lipinski definition) is 17. The summed E-state index contributed by atoms with van der Waals surface area (Å²) >= 11 is 6.17. The van der Waals surface area contributed by atoms with E-state index in [1.54, 1.807) is 13.3 Å². The highest BCUT2D eigenvalue weighted by atomic mass is 35.5. The van der Waals surface area contributed by atoms with Gasteiger partial charge in [0, 0.05) is 41.6 Å². The van der Waals surface area contributed by atoms with Gasteiger partial charge in [0.25, 0.3) is 0 Å². The monoisotopic (exact) mass is 1820 g/mol. The number of aliphatic hydroxyl groups is 2. The van der Waals surface area contributed by atoms with Gasteiger partial charge in [0.1, 0.15) is 52.1 Å². The number of hydrogen-bond donors (Lipinski definition) is 6. The van der Waals surface area contributed by atoms with Crippen LogP contribution in [0.3, 0.4) is 0 Å². The van der Waals surface area contributed by atoms with E-state index in [0.29, 0.717) is 54.1 Å². The molecule has 0 aromatic carbocycles. The largest absolute Gasteiger partial charge is 0.463 e. The Morgan fingerprint density at radius 3 is 0.969 bits per heavy atom.